The second-order valence-corrected chi connectivity index (χ2v) is 5.92. The number of carbonyl (C=O) groups excluding carboxylic acids is 2. The number of ether oxygens (including phenoxy) is 4. The van der Waals surface area contributed by atoms with Crippen molar-refractivity contribution in [3.63, 3.8) is 0 Å². The Labute approximate surface area is 131 Å². The fourth-order valence-electron chi connectivity index (χ4n) is 1.97. The van der Waals surface area contributed by atoms with Crippen molar-refractivity contribution in [2.75, 3.05) is 19.8 Å². The molecule has 0 amide bonds. The van der Waals surface area contributed by atoms with Gasteiger partial charge < -0.3 is 18.9 Å². The van der Waals surface area contributed by atoms with Crippen LogP contribution >= 0.6 is 0 Å². The van der Waals surface area contributed by atoms with Crippen LogP contribution in [0, 0.1) is 5.41 Å². The van der Waals surface area contributed by atoms with Crippen molar-refractivity contribution in [1.82, 2.24) is 0 Å². The summed E-state index contributed by atoms with van der Waals surface area (Å²) >= 11 is 0. The molecule has 124 valence electrons. The van der Waals surface area contributed by atoms with Gasteiger partial charge in [0.05, 0.1) is 13.2 Å². The highest BCUT2D eigenvalue weighted by Crippen LogP contribution is 2.32. The van der Waals surface area contributed by atoms with Crippen LogP contribution in [0.15, 0.2) is 25.3 Å². The number of hydrogen-bond donors (Lipinski definition) is 0. The molecule has 0 atom stereocenters. The fraction of sp³-hybridized carbons (Fsp3) is 0.625. The first-order valence-electron chi connectivity index (χ1n) is 7.16. The van der Waals surface area contributed by atoms with E-state index < -0.39 is 29.2 Å². The quantitative estimate of drug-likeness (QED) is 0.529. The molecule has 0 aromatic carbocycles. The van der Waals surface area contributed by atoms with Crippen LogP contribution in [0.5, 0.6) is 0 Å². The van der Waals surface area contributed by atoms with Crippen LogP contribution in [0.3, 0.4) is 0 Å². The minimum absolute atomic E-state index is 0.133. The normalized spacial score (nSPS) is 25.1. The van der Waals surface area contributed by atoms with Gasteiger partial charge in [-0.05, 0) is 6.42 Å². The van der Waals surface area contributed by atoms with Gasteiger partial charge in [0.2, 0.25) is 0 Å². The molecule has 0 radical (unpaired) electrons. The van der Waals surface area contributed by atoms with Crippen LogP contribution in [-0.2, 0) is 28.5 Å². The van der Waals surface area contributed by atoms with E-state index in [1.54, 1.807) is 0 Å². The van der Waals surface area contributed by atoms with Crippen LogP contribution in [-0.4, -0.2) is 43.7 Å². The summed E-state index contributed by atoms with van der Waals surface area (Å²) in [7, 11) is 0. The van der Waals surface area contributed by atoms with Gasteiger partial charge in [0.1, 0.15) is 6.61 Å². The number of carbonyl (C=O) groups is 2. The zero-order chi connectivity index (χ0) is 16.8. The molecular formula is C16H24O6. The van der Waals surface area contributed by atoms with Crippen LogP contribution < -0.4 is 0 Å². The van der Waals surface area contributed by atoms with Crippen molar-refractivity contribution in [3.8, 4) is 0 Å². The fourth-order valence-corrected chi connectivity index (χ4v) is 1.97. The molecule has 0 aromatic rings. The van der Waals surface area contributed by atoms with Gasteiger partial charge in [-0.3, -0.25) is 0 Å². The second kappa shape index (κ2) is 7.56. The number of rotatable bonds is 7. The summed E-state index contributed by atoms with van der Waals surface area (Å²) in [4.78, 5) is 22.6. The lowest BCUT2D eigenvalue weighted by Gasteiger charge is -2.43. The van der Waals surface area contributed by atoms with Crippen LogP contribution in [0.1, 0.15) is 27.2 Å². The van der Waals surface area contributed by atoms with Crippen LogP contribution in [0.2, 0.25) is 0 Å². The maximum absolute atomic E-state index is 11.4. The van der Waals surface area contributed by atoms with Crippen molar-refractivity contribution in [1.29, 1.82) is 0 Å². The summed E-state index contributed by atoms with van der Waals surface area (Å²) in [5.41, 5.74) is -1.35. The van der Waals surface area contributed by atoms with E-state index in [0.29, 0.717) is 6.42 Å². The van der Waals surface area contributed by atoms with E-state index in [0.717, 1.165) is 12.2 Å². The highest BCUT2D eigenvalue weighted by Gasteiger charge is 2.44. The summed E-state index contributed by atoms with van der Waals surface area (Å²) in [6, 6.07) is 0. The zero-order valence-corrected chi connectivity index (χ0v) is 13.4. The molecule has 0 aliphatic carbocycles. The zero-order valence-electron chi connectivity index (χ0n) is 13.4. The van der Waals surface area contributed by atoms with Crippen molar-refractivity contribution >= 4 is 11.9 Å². The van der Waals surface area contributed by atoms with Crippen molar-refractivity contribution in [2.45, 2.75) is 39.1 Å². The lowest BCUT2D eigenvalue weighted by Crippen LogP contribution is -2.54. The molecule has 1 saturated heterocycles. The van der Waals surface area contributed by atoms with Gasteiger partial charge in [-0.15, -0.1) is 0 Å². The maximum Gasteiger partial charge on any atom is 0.330 e. The Hall–Kier alpha value is -1.66. The third kappa shape index (κ3) is 4.68. The molecule has 1 aliphatic heterocycles. The van der Waals surface area contributed by atoms with E-state index in [9.17, 15) is 9.59 Å². The van der Waals surface area contributed by atoms with Crippen LogP contribution in [0.25, 0.3) is 0 Å². The minimum atomic E-state index is -0.810. The molecule has 1 aliphatic rings. The molecule has 0 N–H and O–H groups in total. The molecule has 1 heterocycles. The molecule has 6 heteroatoms. The van der Waals surface area contributed by atoms with Crippen molar-refractivity contribution in [2.24, 2.45) is 5.41 Å². The summed E-state index contributed by atoms with van der Waals surface area (Å²) in [5.74, 6) is -1.00. The lowest BCUT2D eigenvalue weighted by atomic mass is 9.92. The van der Waals surface area contributed by atoms with Crippen molar-refractivity contribution < 1.29 is 28.5 Å². The molecule has 0 bridgehead atoms. The van der Waals surface area contributed by atoms with Crippen LogP contribution in [0.4, 0.5) is 0 Å². The summed E-state index contributed by atoms with van der Waals surface area (Å²) in [6.45, 7) is 12.9. The Kier molecular flexibility index (Phi) is 6.32. The average molecular weight is 312 g/mol. The highest BCUT2D eigenvalue weighted by atomic mass is 16.7. The number of esters is 2. The molecule has 22 heavy (non-hydrogen) atoms. The van der Waals surface area contributed by atoms with E-state index in [1.807, 2.05) is 20.8 Å². The molecule has 0 spiro atoms. The van der Waals surface area contributed by atoms with Gasteiger partial charge in [0.25, 0.3) is 0 Å². The Morgan fingerprint density at radius 1 is 1.23 bits per heavy atom. The minimum Gasteiger partial charge on any atom is -0.462 e. The van der Waals surface area contributed by atoms with E-state index >= 15 is 0 Å². The third-order valence-electron chi connectivity index (χ3n) is 3.51. The Morgan fingerprint density at radius 2 is 1.77 bits per heavy atom. The van der Waals surface area contributed by atoms with E-state index in [1.165, 1.54) is 0 Å². The largest absolute Gasteiger partial charge is 0.462 e. The standard InChI is InChI=1S/C16H24O6/c1-6-12(17)19-9-15(4,5)14-20-10-16(8-3,11-21-14)22-13(18)7-2/h6-7,14H,1-2,8-11H2,3-5H3. The van der Waals surface area contributed by atoms with Gasteiger partial charge in [-0.25, -0.2) is 9.59 Å². The van der Waals surface area contributed by atoms with E-state index in [4.69, 9.17) is 18.9 Å². The van der Waals surface area contributed by atoms with Crippen molar-refractivity contribution in [3.05, 3.63) is 25.3 Å². The average Bonchev–Trinajstić information content (AvgIpc) is 2.52. The van der Waals surface area contributed by atoms with Gasteiger partial charge in [0, 0.05) is 17.6 Å². The molecule has 0 saturated carbocycles. The monoisotopic (exact) mass is 312 g/mol. The smallest absolute Gasteiger partial charge is 0.330 e. The predicted molar refractivity (Wildman–Crippen MR) is 79.9 cm³/mol. The molecular weight excluding hydrogens is 288 g/mol. The predicted octanol–water partition coefficient (Wildman–Crippen LogP) is 1.99. The first kappa shape index (κ1) is 18.4. The lowest BCUT2D eigenvalue weighted by molar-refractivity contribution is -0.293. The van der Waals surface area contributed by atoms with E-state index in [-0.39, 0.29) is 19.8 Å². The van der Waals surface area contributed by atoms with E-state index in [2.05, 4.69) is 13.2 Å². The maximum atomic E-state index is 11.4. The van der Waals surface area contributed by atoms with Gasteiger partial charge in [-0.1, -0.05) is 33.9 Å². The van der Waals surface area contributed by atoms with Gasteiger partial charge >= 0.3 is 11.9 Å². The third-order valence-corrected chi connectivity index (χ3v) is 3.51. The Balaban J connectivity index is 2.62. The molecule has 0 aromatic heterocycles. The molecule has 6 nitrogen and oxygen atoms in total. The first-order chi connectivity index (χ1) is 10.3. The van der Waals surface area contributed by atoms with Gasteiger partial charge in [0.15, 0.2) is 11.9 Å². The number of hydrogen-bond acceptors (Lipinski definition) is 6. The van der Waals surface area contributed by atoms with Gasteiger partial charge in [-0.2, -0.15) is 0 Å². The molecule has 0 unspecified atom stereocenters. The SMILES string of the molecule is C=CC(=O)OCC(C)(C)C1OCC(CC)(OC(=O)C=C)CO1. The molecule has 1 fully saturated rings. The highest BCUT2D eigenvalue weighted by molar-refractivity contribution is 5.81. The molecule has 1 rings (SSSR count). The Bertz CT molecular complexity index is 432. The summed E-state index contributed by atoms with van der Waals surface area (Å²) in [6.07, 6.45) is 2.22. The summed E-state index contributed by atoms with van der Waals surface area (Å²) in [5, 5.41) is 0. The summed E-state index contributed by atoms with van der Waals surface area (Å²) < 4.78 is 21.8. The second-order valence-electron chi connectivity index (χ2n) is 5.92. The Morgan fingerprint density at radius 3 is 2.23 bits per heavy atom. The topological polar surface area (TPSA) is 71.1 Å². The first-order valence-corrected chi connectivity index (χ1v) is 7.16.